The van der Waals surface area contributed by atoms with Crippen molar-refractivity contribution in [3.63, 3.8) is 0 Å². The summed E-state index contributed by atoms with van der Waals surface area (Å²) in [6, 6.07) is 30.9. The molecule has 1 fully saturated rings. The second-order valence-corrected chi connectivity index (χ2v) is 12.4. The maximum absolute atomic E-state index is 14.4. The lowest BCUT2D eigenvalue weighted by molar-refractivity contribution is 0.0674. The number of likely N-dealkylation sites (tertiary alicyclic amines) is 1. The van der Waals surface area contributed by atoms with Crippen molar-refractivity contribution in [1.29, 1.82) is 0 Å². The molecule has 1 aliphatic heterocycles. The van der Waals surface area contributed by atoms with E-state index < -0.39 is 5.92 Å². The molecule has 4 aromatic rings. The van der Waals surface area contributed by atoms with E-state index >= 15 is 0 Å². The normalized spacial score (nSPS) is 16.7. The van der Waals surface area contributed by atoms with Crippen LogP contribution in [-0.4, -0.2) is 47.9 Å². The van der Waals surface area contributed by atoms with Crippen molar-refractivity contribution < 1.29 is 8.78 Å². The van der Waals surface area contributed by atoms with Crippen LogP contribution >= 0.6 is 0 Å². The molecule has 1 unspecified atom stereocenters. The standard InChI is InChI=1S/C40H45F2N3/c1-5-38(40(4,41)42)25-37(30(3)19-21-43-6-2)28-44-22-20-39(29-44)45(26-31-15-17-33-11-7-9-13-35(33)23-31)27-32-16-18-34-12-8-10-14-36(34)24-32/h5-18,23-25,39,43H,1-2,19-22,26-29H2,3-4H3/b37-30-,38-25+. The highest BCUT2D eigenvalue weighted by atomic mass is 19.3. The third-order valence-corrected chi connectivity index (χ3v) is 8.95. The summed E-state index contributed by atoms with van der Waals surface area (Å²) >= 11 is 0. The first-order valence-electron chi connectivity index (χ1n) is 15.9. The van der Waals surface area contributed by atoms with Crippen LogP contribution in [0.3, 0.4) is 0 Å². The highest BCUT2D eigenvalue weighted by molar-refractivity contribution is 5.83. The summed E-state index contributed by atoms with van der Waals surface area (Å²) in [6.45, 7) is 15.2. The second kappa shape index (κ2) is 14.8. The van der Waals surface area contributed by atoms with Crippen molar-refractivity contribution >= 4 is 21.5 Å². The van der Waals surface area contributed by atoms with E-state index in [1.807, 2.05) is 6.92 Å². The number of hydrogen-bond donors (Lipinski definition) is 1. The van der Waals surface area contributed by atoms with Gasteiger partial charge in [0.15, 0.2) is 0 Å². The zero-order valence-electron chi connectivity index (χ0n) is 26.6. The lowest BCUT2D eigenvalue weighted by atomic mass is 10.0. The van der Waals surface area contributed by atoms with Gasteiger partial charge in [-0.15, -0.1) is 0 Å². The minimum absolute atomic E-state index is 0.0430. The zero-order chi connectivity index (χ0) is 31.8. The van der Waals surface area contributed by atoms with Gasteiger partial charge in [0.25, 0.3) is 5.92 Å². The van der Waals surface area contributed by atoms with Crippen LogP contribution in [0.2, 0.25) is 0 Å². The van der Waals surface area contributed by atoms with Gasteiger partial charge < -0.3 is 5.32 Å². The van der Waals surface area contributed by atoms with E-state index in [0.717, 1.165) is 57.1 Å². The van der Waals surface area contributed by atoms with E-state index in [-0.39, 0.29) is 5.57 Å². The lowest BCUT2D eigenvalue weighted by Gasteiger charge is -2.30. The Morgan fingerprint density at radius 1 is 0.911 bits per heavy atom. The molecule has 5 heteroatoms. The predicted molar refractivity (Wildman–Crippen MR) is 186 cm³/mol. The summed E-state index contributed by atoms with van der Waals surface area (Å²) in [5.41, 5.74) is 4.58. The van der Waals surface area contributed by atoms with Crippen molar-refractivity contribution in [1.82, 2.24) is 15.1 Å². The van der Waals surface area contributed by atoms with Gasteiger partial charge >= 0.3 is 0 Å². The summed E-state index contributed by atoms with van der Waals surface area (Å²) in [6.07, 6.45) is 6.39. The smallest absolute Gasteiger partial charge is 0.270 e. The van der Waals surface area contributed by atoms with E-state index in [0.29, 0.717) is 19.1 Å². The number of nitrogens with one attached hydrogen (secondary N) is 1. The Kier molecular flexibility index (Phi) is 10.6. The number of alkyl halides is 2. The summed E-state index contributed by atoms with van der Waals surface area (Å²) in [5, 5.41) is 8.13. The van der Waals surface area contributed by atoms with Crippen molar-refractivity contribution in [2.75, 3.05) is 26.2 Å². The molecule has 0 amide bonds. The molecule has 0 aliphatic carbocycles. The predicted octanol–water partition coefficient (Wildman–Crippen LogP) is 9.28. The molecule has 1 heterocycles. The van der Waals surface area contributed by atoms with Crippen molar-refractivity contribution in [3.8, 4) is 0 Å². The van der Waals surface area contributed by atoms with Crippen LogP contribution in [0, 0.1) is 0 Å². The monoisotopic (exact) mass is 605 g/mol. The van der Waals surface area contributed by atoms with Crippen molar-refractivity contribution in [2.45, 2.75) is 51.7 Å². The maximum atomic E-state index is 14.4. The molecule has 1 aliphatic rings. The molecule has 0 bridgehead atoms. The fourth-order valence-corrected chi connectivity index (χ4v) is 6.33. The Bertz CT molecular complexity index is 1620. The molecule has 0 aromatic heterocycles. The van der Waals surface area contributed by atoms with Gasteiger partial charge in [0.1, 0.15) is 0 Å². The van der Waals surface area contributed by atoms with Crippen LogP contribution in [-0.2, 0) is 13.1 Å². The van der Waals surface area contributed by atoms with Gasteiger partial charge in [-0.2, -0.15) is 0 Å². The number of rotatable bonds is 14. The minimum Gasteiger partial charge on any atom is -0.391 e. The average Bonchev–Trinajstić information content (AvgIpc) is 3.50. The zero-order valence-corrected chi connectivity index (χ0v) is 26.6. The van der Waals surface area contributed by atoms with Crippen LogP contribution in [0.15, 0.2) is 133 Å². The fraction of sp³-hybridized carbons (Fsp3) is 0.300. The number of allylic oxidation sites excluding steroid dienone is 2. The van der Waals surface area contributed by atoms with Crippen LogP contribution in [0.4, 0.5) is 8.78 Å². The topological polar surface area (TPSA) is 18.5 Å². The minimum atomic E-state index is -2.95. The van der Waals surface area contributed by atoms with Crippen molar-refractivity contribution in [2.24, 2.45) is 0 Å². The van der Waals surface area contributed by atoms with Crippen LogP contribution in [0.1, 0.15) is 37.8 Å². The van der Waals surface area contributed by atoms with E-state index in [2.05, 4.69) is 113 Å². The van der Waals surface area contributed by atoms with Crippen LogP contribution < -0.4 is 5.32 Å². The third-order valence-electron chi connectivity index (χ3n) is 8.95. The first-order valence-corrected chi connectivity index (χ1v) is 15.9. The van der Waals surface area contributed by atoms with E-state index in [4.69, 9.17) is 0 Å². The van der Waals surface area contributed by atoms with Gasteiger partial charge in [-0.3, -0.25) is 9.80 Å². The number of benzene rings is 4. The maximum Gasteiger partial charge on any atom is 0.270 e. The van der Waals surface area contributed by atoms with Gasteiger partial charge in [-0.05, 0) is 82.4 Å². The number of hydrogen-bond acceptors (Lipinski definition) is 3. The second-order valence-electron chi connectivity index (χ2n) is 12.4. The summed E-state index contributed by atoms with van der Waals surface area (Å²) in [4.78, 5) is 5.02. The lowest BCUT2D eigenvalue weighted by Crippen LogP contribution is -2.37. The van der Waals surface area contributed by atoms with Crippen LogP contribution in [0.5, 0.6) is 0 Å². The average molecular weight is 606 g/mol. The Balaban J connectivity index is 1.39. The summed E-state index contributed by atoms with van der Waals surface area (Å²) < 4.78 is 28.8. The van der Waals surface area contributed by atoms with E-state index in [1.54, 1.807) is 12.3 Å². The van der Waals surface area contributed by atoms with E-state index in [1.165, 1.54) is 38.7 Å². The molecule has 5 rings (SSSR count). The van der Waals surface area contributed by atoms with Crippen LogP contribution in [0.25, 0.3) is 21.5 Å². The number of halogens is 2. The Morgan fingerprint density at radius 3 is 2.02 bits per heavy atom. The molecule has 1 saturated heterocycles. The molecule has 234 valence electrons. The molecular formula is C40H45F2N3. The van der Waals surface area contributed by atoms with E-state index in [9.17, 15) is 8.78 Å². The number of nitrogens with zero attached hydrogens (tertiary/aromatic N) is 2. The Hall–Kier alpha value is -4.06. The molecular weight excluding hydrogens is 560 g/mol. The largest absolute Gasteiger partial charge is 0.391 e. The molecule has 4 aromatic carbocycles. The third kappa shape index (κ3) is 8.56. The quantitative estimate of drug-likeness (QED) is 0.114. The summed E-state index contributed by atoms with van der Waals surface area (Å²) in [5.74, 6) is -2.95. The Morgan fingerprint density at radius 2 is 1.49 bits per heavy atom. The Labute approximate surface area is 267 Å². The van der Waals surface area contributed by atoms with Gasteiger partial charge in [-0.1, -0.05) is 97.6 Å². The molecule has 0 spiro atoms. The van der Waals surface area contributed by atoms with Gasteiger partial charge in [0.2, 0.25) is 0 Å². The van der Waals surface area contributed by atoms with Gasteiger partial charge in [0.05, 0.1) is 0 Å². The van der Waals surface area contributed by atoms with Crippen molar-refractivity contribution in [3.05, 3.63) is 144 Å². The first kappa shape index (κ1) is 32.3. The van der Waals surface area contributed by atoms with Gasteiger partial charge in [0, 0.05) is 57.8 Å². The molecule has 45 heavy (non-hydrogen) atoms. The highest BCUT2D eigenvalue weighted by Gasteiger charge is 2.30. The van der Waals surface area contributed by atoms with Gasteiger partial charge in [-0.25, -0.2) is 8.78 Å². The highest BCUT2D eigenvalue weighted by Crippen LogP contribution is 2.29. The molecule has 0 saturated carbocycles. The molecule has 0 radical (unpaired) electrons. The SMILES string of the molecule is C=CNCC/C(C)=C(/C=C(\C=C)C(C)(F)F)CN1CCC(N(Cc2ccc3ccccc3c2)Cc2ccc3ccccc3c2)C1. The number of fused-ring (bicyclic) bond motifs is 2. The molecule has 1 atom stereocenters. The first-order chi connectivity index (χ1) is 21.7. The molecule has 1 N–H and O–H groups in total. The summed E-state index contributed by atoms with van der Waals surface area (Å²) in [7, 11) is 0. The fourth-order valence-electron chi connectivity index (χ4n) is 6.33. The molecule has 3 nitrogen and oxygen atoms in total.